The molecule has 2 bridgehead atoms. The predicted octanol–water partition coefficient (Wildman–Crippen LogP) is -0.432. The van der Waals surface area contributed by atoms with Crippen molar-refractivity contribution < 1.29 is 24.2 Å². The van der Waals surface area contributed by atoms with E-state index in [4.69, 9.17) is 4.74 Å². The molecule has 3 unspecified atom stereocenters. The van der Waals surface area contributed by atoms with Gasteiger partial charge in [-0.15, -0.1) is 0 Å². The number of ether oxygens (including phenoxy) is 1. The van der Waals surface area contributed by atoms with Crippen LogP contribution in [0.2, 0.25) is 0 Å². The Morgan fingerprint density at radius 2 is 2.00 bits per heavy atom. The number of aromatic amines is 1. The van der Waals surface area contributed by atoms with Crippen LogP contribution in [-0.2, 0) is 25.5 Å². The van der Waals surface area contributed by atoms with Crippen LogP contribution >= 0.6 is 0 Å². The highest BCUT2D eigenvalue weighted by Crippen LogP contribution is 2.49. The van der Waals surface area contributed by atoms with Gasteiger partial charge in [0.25, 0.3) is 0 Å². The molecule has 8 heteroatoms. The van der Waals surface area contributed by atoms with Crippen LogP contribution in [0, 0.1) is 11.8 Å². The Balaban J connectivity index is 1.64. The minimum Gasteiger partial charge on any atom is -0.480 e. The smallest absolute Gasteiger partial charge is 0.327 e. The summed E-state index contributed by atoms with van der Waals surface area (Å²) < 4.78 is 5.64. The summed E-state index contributed by atoms with van der Waals surface area (Å²) in [5.74, 6) is -3.02. The van der Waals surface area contributed by atoms with E-state index < -0.39 is 35.7 Å². The number of imide groups is 1. The van der Waals surface area contributed by atoms with Gasteiger partial charge in [-0.2, -0.15) is 0 Å². The highest BCUT2D eigenvalue weighted by atomic mass is 16.5. The highest BCUT2D eigenvalue weighted by molar-refractivity contribution is 6.08. The lowest BCUT2D eigenvalue weighted by Gasteiger charge is -2.24. The third-order valence-electron chi connectivity index (χ3n) is 4.88. The zero-order valence-corrected chi connectivity index (χ0v) is 11.6. The molecule has 3 aliphatic rings. The van der Waals surface area contributed by atoms with Crippen LogP contribution in [0.3, 0.4) is 0 Å². The Hall–Kier alpha value is -2.22. The number of imidazole rings is 1. The normalized spacial score (nSPS) is 34.3. The molecule has 3 fully saturated rings. The molecule has 116 valence electrons. The summed E-state index contributed by atoms with van der Waals surface area (Å²) in [5.41, 5.74) is 0.573. The van der Waals surface area contributed by atoms with Crippen molar-refractivity contribution in [2.45, 2.75) is 37.5 Å². The number of carboxylic acid groups (broad SMARTS) is 1. The molecule has 2 amide bonds. The lowest BCUT2D eigenvalue weighted by atomic mass is 9.81. The lowest BCUT2D eigenvalue weighted by Crippen LogP contribution is -2.48. The molecule has 5 atom stereocenters. The van der Waals surface area contributed by atoms with Crippen LogP contribution in [0.25, 0.3) is 0 Å². The fraction of sp³-hybridized carbons (Fsp3) is 0.571. The number of H-pyrrole nitrogens is 1. The minimum atomic E-state index is -1.20. The van der Waals surface area contributed by atoms with E-state index in [0.717, 1.165) is 17.7 Å². The average molecular weight is 305 g/mol. The highest BCUT2D eigenvalue weighted by Gasteiger charge is 2.63. The van der Waals surface area contributed by atoms with Crippen LogP contribution < -0.4 is 0 Å². The summed E-state index contributed by atoms with van der Waals surface area (Å²) >= 11 is 0. The number of likely N-dealkylation sites (tertiary alicyclic amines) is 1. The van der Waals surface area contributed by atoms with Crippen LogP contribution in [0.4, 0.5) is 0 Å². The molecule has 4 heterocycles. The van der Waals surface area contributed by atoms with E-state index in [-0.39, 0.29) is 18.6 Å². The van der Waals surface area contributed by atoms with Gasteiger partial charge < -0.3 is 14.8 Å². The van der Waals surface area contributed by atoms with Crippen molar-refractivity contribution >= 4 is 17.8 Å². The molecule has 0 spiro atoms. The van der Waals surface area contributed by atoms with E-state index in [1.807, 2.05) is 0 Å². The van der Waals surface area contributed by atoms with Gasteiger partial charge in [0, 0.05) is 18.3 Å². The fourth-order valence-corrected chi connectivity index (χ4v) is 3.94. The van der Waals surface area contributed by atoms with Crippen LogP contribution in [0.1, 0.15) is 18.5 Å². The molecular weight excluding hydrogens is 290 g/mol. The van der Waals surface area contributed by atoms with Gasteiger partial charge in [-0.3, -0.25) is 14.5 Å². The van der Waals surface area contributed by atoms with Gasteiger partial charge in [-0.25, -0.2) is 9.78 Å². The van der Waals surface area contributed by atoms with Crippen molar-refractivity contribution in [1.29, 1.82) is 0 Å². The third kappa shape index (κ3) is 1.73. The van der Waals surface area contributed by atoms with E-state index in [9.17, 15) is 19.5 Å². The molecule has 3 aliphatic heterocycles. The Bertz CT molecular complexity index is 615. The standard InChI is InChI=1S/C14H15N3O5/c18-12-10-8-1-2-9(22-8)11(10)13(19)17(12)7(14(20)21)3-6-4-15-5-16-6/h4-5,7-11H,1-3H2,(H,15,16)(H,20,21)/t7-,8+,9?,10?,11?/m1/s1. The molecule has 4 rings (SSSR count). The molecule has 0 saturated carbocycles. The SMILES string of the molecule is O=C(O)[C@@H](Cc1cnc[nH]1)N1C(=O)C2C3CC[C@H](O3)C2C1=O. The fourth-order valence-electron chi connectivity index (χ4n) is 3.94. The third-order valence-corrected chi connectivity index (χ3v) is 4.88. The molecule has 1 aromatic rings. The molecule has 8 nitrogen and oxygen atoms in total. The van der Waals surface area contributed by atoms with Gasteiger partial charge >= 0.3 is 5.97 Å². The Morgan fingerprint density at radius 3 is 2.50 bits per heavy atom. The van der Waals surface area contributed by atoms with Crippen molar-refractivity contribution in [2.75, 3.05) is 0 Å². The summed E-state index contributed by atoms with van der Waals surface area (Å²) in [6, 6.07) is -1.20. The first-order chi connectivity index (χ1) is 10.6. The Kier molecular flexibility index (Phi) is 2.83. The Morgan fingerprint density at radius 1 is 1.36 bits per heavy atom. The maximum Gasteiger partial charge on any atom is 0.327 e. The first kappa shape index (κ1) is 13.4. The van der Waals surface area contributed by atoms with Gasteiger partial charge in [-0.05, 0) is 12.8 Å². The van der Waals surface area contributed by atoms with Crippen LogP contribution in [0.15, 0.2) is 12.5 Å². The number of aromatic nitrogens is 2. The summed E-state index contributed by atoms with van der Waals surface area (Å²) in [6.07, 6.45) is 4.01. The van der Waals surface area contributed by atoms with Crippen molar-refractivity contribution in [3.8, 4) is 0 Å². The maximum absolute atomic E-state index is 12.6. The number of amides is 2. The molecule has 3 saturated heterocycles. The molecule has 1 aromatic heterocycles. The monoisotopic (exact) mass is 305 g/mol. The molecule has 0 aromatic carbocycles. The maximum atomic E-state index is 12.6. The number of carbonyl (C=O) groups excluding carboxylic acids is 2. The van der Waals surface area contributed by atoms with Crippen molar-refractivity contribution in [1.82, 2.24) is 14.9 Å². The summed E-state index contributed by atoms with van der Waals surface area (Å²) in [7, 11) is 0. The van der Waals surface area contributed by atoms with Gasteiger partial charge in [0.1, 0.15) is 6.04 Å². The van der Waals surface area contributed by atoms with Crippen molar-refractivity contribution in [3.63, 3.8) is 0 Å². The van der Waals surface area contributed by atoms with Gasteiger partial charge in [0.05, 0.1) is 30.4 Å². The lowest BCUT2D eigenvalue weighted by molar-refractivity contribution is -0.156. The average Bonchev–Trinajstić information content (AvgIpc) is 3.23. The summed E-state index contributed by atoms with van der Waals surface area (Å²) in [6.45, 7) is 0. The number of carbonyl (C=O) groups is 3. The van der Waals surface area contributed by atoms with Gasteiger partial charge in [0.15, 0.2) is 0 Å². The first-order valence-electron chi connectivity index (χ1n) is 7.30. The first-order valence-corrected chi connectivity index (χ1v) is 7.30. The van der Waals surface area contributed by atoms with E-state index in [1.54, 1.807) is 0 Å². The van der Waals surface area contributed by atoms with E-state index >= 15 is 0 Å². The summed E-state index contributed by atoms with van der Waals surface area (Å²) in [5, 5.41) is 9.47. The van der Waals surface area contributed by atoms with Crippen molar-refractivity contribution in [2.24, 2.45) is 11.8 Å². The number of nitrogens with one attached hydrogen (secondary N) is 1. The van der Waals surface area contributed by atoms with E-state index in [1.165, 1.54) is 12.5 Å². The topological polar surface area (TPSA) is 113 Å². The molecule has 22 heavy (non-hydrogen) atoms. The largest absolute Gasteiger partial charge is 0.480 e. The number of rotatable bonds is 4. The molecule has 0 aliphatic carbocycles. The second kappa shape index (κ2) is 4.64. The second-order valence-electron chi connectivity index (χ2n) is 6.02. The number of nitrogens with zero attached hydrogens (tertiary/aromatic N) is 2. The van der Waals surface area contributed by atoms with E-state index in [0.29, 0.717) is 5.69 Å². The quantitative estimate of drug-likeness (QED) is 0.730. The molecule has 2 N–H and O–H groups in total. The predicted molar refractivity (Wildman–Crippen MR) is 70.4 cm³/mol. The van der Waals surface area contributed by atoms with Crippen molar-refractivity contribution in [3.05, 3.63) is 18.2 Å². The summed E-state index contributed by atoms with van der Waals surface area (Å²) in [4.78, 5) is 44.4. The zero-order valence-electron chi connectivity index (χ0n) is 11.6. The zero-order chi connectivity index (χ0) is 15.4. The number of fused-ring (bicyclic) bond motifs is 5. The number of hydrogen-bond donors (Lipinski definition) is 2. The minimum absolute atomic E-state index is 0.0302. The molecule has 0 radical (unpaired) electrons. The number of hydrogen-bond acceptors (Lipinski definition) is 5. The van der Waals surface area contributed by atoms with Gasteiger partial charge in [-0.1, -0.05) is 0 Å². The van der Waals surface area contributed by atoms with E-state index in [2.05, 4.69) is 9.97 Å². The second-order valence-corrected chi connectivity index (χ2v) is 6.02. The molecular formula is C14H15N3O5. The number of carboxylic acids is 1. The van der Waals surface area contributed by atoms with Gasteiger partial charge in [0.2, 0.25) is 11.8 Å². The van der Waals surface area contributed by atoms with Crippen LogP contribution in [-0.4, -0.2) is 56.0 Å². The number of aliphatic carboxylic acids is 1. The van der Waals surface area contributed by atoms with Crippen LogP contribution in [0.5, 0.6) is 0 Å². The Labute approximate surface area is 125 Å².